The summed E-state index contributed by atoms with van der Waals surface area (Å²) in [4.78, 5) is 12.3. The van der Waals surface area contributed by atoms with Gasteiger partial charge in [-0.1, -0.05) is 23.2 Å². The summed E-state index contributed by atoms with van der Waals surface area (Å²) in [7, 11) is 0. The molecular formula is C14H17Cl3N2O. The first-order valence-electron chi connectivity index (χ1n) is 6.58. The van der Waals surface area contributed by atoms with Crippen molar-refractivity contribution in [2.45, 2.75) is 25.3 Å². The number of carbonyl (C=O) groups excluding carboxylic acids is 1. The van der Waals surface area contributed by atoms with Crippen LogP contribution in [0, 0.1) is 17.8 Å². The molecular weight excluding hydrogens is 319 g/mol. The summed E-state index contributed by atoms with van der Waals surface area (Å²) in [6.45, 7) is 0. The molecule has 3 nitrogen and oxygen atoms in total. The van der Waals surface area contributed by atoms with Crippen molar-refractivity contribution in [3.05, 3.63) is 28.2 Å². The maximum Gasteiger partial charge on any atom is 0.229 e. The first kappa shape index (κ1) is 15.9. The second-order valence-electron chi connectivity index (χ2n) is 5.55. The number of anilines is 1. The van der Waals surface area contributed by atoms with Crippen LogP contribution < -0.4 is 11.1 Å². The first-order chi connectivity index (χ1) is 9.06. The summed E-state index contributed by atoms with van der Waals surface area (Å²) in [6, 6.07) is 5.10. The molecule has 0 heterocycles. The third kappa shape index (κ3) is 2.77. The van der Waals surface area contributed by atoms with Gasteiger partial charge in [0.2, 0.25) is 5.91 Å². The third-order valence-corrected chi connectivity index (χ3v) is 5.21. The molecule has 20 heavy (non-hydrogen) atoms. The molecule has 1 aromatic carbocycles. The Bertz CT molecular complexity index is 521. The van der Waals surface area contributed by atoms with Crippen molar-refractivity contribution in [1.82, 2.24) is 0 Å². The maximum absolute atomic E-state index is 12.3. The van der Waals surface area contributed by atoms with E-state index in [-0.39, 0.29) is 30.3 Å². The van der Waals surface area contributed by atoms with Gasteiger partial charge in [-0.15, -0.1) is 12.4 Å². The van der Waals surface area contributed by atoms with Gasteiger partial charge in [-0.05, 0) is 49.3 Å². The summed E-state index contributed by atoms with van der Waals surface area (Å²) in [5.74, 6) is 0.920. The molecule has 0 saturated heterocycles. The number of fused-ring (bicyclic) bond motifs is 2. The average molecular weight is 336 g/mol. The molecule has 1 aromatic rings. The Labute approximate surface area is 134 Å². The minimum atomic E-state index is -0.0618. The lowest BCUT2D eigenvalue weighted by molar-refractivity contribution is -0.121. The molecule has 6 heteroatoms. The van der Waals surface area contributed by atoms with Crippen LogP contribution in [0.5, 0.6) is 0 Å². The minimum absolute atomic E-state index is 0. The van der Waals surface area contributed by atoms with Crippen LogP contribution in [-0.2, 0) is 4.79 Å². The lowest BCUT2D eigenvalue weighted by atomic mass is 9.84. The molecule has 3 N–H and O–H groups in total. The fourth-order valence-corrected chi connectivity index (χ4v) is 3.82. The molecule has 0 radical (unpaired) electrons. The fraction of sp³-hybridized carbons (Fsp3) is 0.500. The zero-order valence-electron chi connectivity index (χ0n) is 10.8. The number of hydrogen-bond acceptors (Lipinski definition) is 2. The molecule has 0 aliphatic heterocycles. The van der Waals surface area contributed by atoms with Gasteiger partial charge >= 0.3 is 0 Å². The van der Waals surface area contributed by atoms with E-state index in [0.717, 1.165) is 12.8 Å². The summed E-state index contributed by atoms with van der Waals surface area (Å²) < 4.78 is 0. The van der Waals surface area contributed by atoms with Crippen molar-refractivity contribution in [1.29, 1.82) is 0 Å². The van der Waals surface area contributed by atoms with Crippen LogP contribution in [0.25, 0.3) is 0 Å². The van der Waals surface area contributed by atoms with Crippen molar-refractivity contribution in [3.8, 4) is 0 Å². The van der Waals surface area contributed by atoms with E-state index in [1.807, 2.05) is 0 Å². The Morgan fingerprint density at radius 3 is 2.50 bits per heavy atom. The Morgan fingerprint density at radius 2 is 1.90 bits per heavy atom. The molecule has 4 atom stereocenters. The van der Waals surface area contributed by atoms with Crippen LogP contribution in [0.2, 0.25) is 10.0 Å². The van der Waals surface area contributed by atoms with E-state index in [4.69, 9.17) is 28.9 Å². The van der Waals surface area contributed by atoms with E-state index in [2.05, 4.69) is 5.32 Å². The molecule has 4 unspecified atom stereocenters. The maximum atomic E-state index is 12.3. The van der Waals surface area contributed by atoms with E-state index in [9.17, 15) is 4.79 Å². The predicted octanol–water partition coefficient (Wildman–Crippen LogP) is 3.73. The number of hydrogen-bond donors (Lipinski definition) is 2. The highest BCUT2D eigenvalue weighted by molar-refractivity contribution is 6.42. The highest BCUT2D eigenvalue weighted by Crippen LogP contribution is 2.47. The van der Waals surface area contributed by atoms with Gasteiger partial charge in [-0.3, -0.25) is 4.79 Å². The smallest absolute Gasteiger partial charge is 0.229 e. The topological polar surface area (TPSA) is 55.1 Å². The van der Waals surface area contributed by atoms with Gasteiger partial charge < -0.3 is 11.1 Å². The largest absolute Gasteiger partial charge is 0.327 e. The molecule has 1 amide bonds. The number of carbonyl (C=O) groups is 1. The number of halogens is 3. The van der Waals surface area contributed by atoms with Crippen LogP contribution >= 0.6 is 35.6 Å². The Morgan fingerprint density at radius 1 is 1.20 bits per heavy atom. The van der Waals surface area contributed by atoms with Crippen LogP contribution in [-0.4, -0.2) is 11.9 Å². The van der Waals surface area contributed by atoms with Crippen LogP contribution in [0.4, 0.5) is 5.69 Å². The molecule has 2 aliphatic carbocycles. The lowest BCUT2D eigenvalue weighted by Gasteiger charge is -2.27. The van der Waals surface area contributed by atoms with E-state index in [0.29, 0.717) is 27.6 Å². The molecule has 2 aliphatic rings. The lowest BCUT2D eigenvalue weighted by Crippen LogP contribution is -2.42. The summed E-state index contributed by atoms with van der Waals surface area (Å²) in [5.41, 5.74) is 6.84. The SMILES string of the molecule is Cl.NC1C2CCC(C2)C1C(=O)Nc1ccc(Cl)c(Cl)c1. The molecule has 110 valence electrons. The predicted molar refractivity (Wildman–Crippen MR) is 84.6 cm³/mol. The van der Waals surface area contributed by atoms with Gasteiger partial charge in [0.05, 0.1) is 16.0 Å². The van der Waals surface area contributed by atoms with Gasteiger partial charge in [-0.2, -0.15) is 0 Å². The molecule has 0 aromatic heterocycles. The molecule has 2 bridgehead atoms. The zero-order chi connectivity index (χ0) is 13.6. The Hall–Kier alpha value is -0.480. The van der Waals surface area contributed by atoms with Gasteiger partial charge in [0.15, 0.2) is 0 Å². The highest BCUT2D eigenvalue weighted by Gasteiger charge is 2.49. The van der Waals surface area contributed by atoms with Crippen molar-refractivity contribution in [2.24, 2.45) is 23.5 Å². The number of benzene rings is 1. The van der Waals surface area contributed by atoms with Crippen LogP contribution in [0.15, 0.2) is 18.2 Å². The molecule has 3 rings (SSSR count). The molecule has 2 saturated carbocycles. The third-order valence-electron chi connectivity index (χ3n) is 4.47. The van der Waals surface area contributed by atoms with Crippen molar-refractivity contribution in [2.75, 3.05) is 5.32 Å². The second kappa shape index (κ2) is 6.10. The summed E-state index contributed by atoms with van der Waals surface area (Å²) in [5, 5.41) is 3.83. The van der Waals surface area contributed by atoms with Crippen molar-refractivity contribution < 1.29 is 4.79 Å². The minimum Gasteiger partial charge on any atom is -0.327 e. The number of rotatable bonds is 2. The first-order valence-corrected chi connectivity index (χ1v) is 7.33. The second-order valence-corrected chi connectivity index (χ2v) is 6.37. The summed E-state index contributed by atoms with van der Waals surface area (Å²) in [6.07, 6.45) is 3.39. The number of nitrogens with one attached hydrogen (secondary N) is 1. The Kier molecular flexibility index (Phi) is 4.85. The van der Waals surface area contributed by atoms with E-state index in [1.165, 1.54) is 6.42 Å². The van der Waals surface area contributed by atoms with E-state index >= 15 is 0 Å². The fourth-order valence-electron chi connectivity index (χ4n) is 3.52. The zero-order valence-corrected chi connectivity index (χ0v) is 13.1. The normalized spacial score (nSPS) is 30.9. The van der Waals surface area contributed by atoms with Gasteiger partial charge in [0, 0.05) is 11.7 Å². The van der Waals surface area contributed by atoms with Crippen LogP contribution in [0.3, 0.4) is 0 Å². The highest BCUT2D eigenvalue weighted by atomic mass is 35.5. The standard InChI is InChI=1S/C14H16Cl2N2O.ClH/c15-10-4-3-9(6-11(10)16)18-14(19)12-7-1-2-8(5-7)13(12)17;/h3-4,6-8,12-13H,1-2,5,17H2,(H,18,19);1H. The number of nitrogens with two attached hydrogens (primary N) is 1. The average Bonchev–Trinajstić information content (AvgIpc) is 2.94. The van der Waals surface area contributed by atoms with Crippen molar-refractivity contribution >= 4 is 47.2 Å². The van der Waals surface area contributed by atoms with E-state index in [1.54, 1.807) is 18.2 Å². The van der Waals surface area contributed by atoms with Gasteiger partial charge in [-0.25, -0.2) is 0 Å². The van der Waals surface area contributed by atoms with Gasteiger partial charge in [0.1, 0.15) is 0 Å². The quantitative estimate of drug-likeness (QED) is 0.865. The monoisotopic (exact) mass is 334 g/mol. The van der Waals surface area contributed by atoms with E-state index < -0.39 is 0 Å². The molecule has 2 fully saturated rings. The number of amides is 1. The van der Waals surface area contributed by atoms with Crippen LogP contribution in [0.1, 0.15) is 19.3 Å². The summed E-state index contributed by atoms with van der Waals surface area (Å²) >= 11 is 11.8. The Balaban J connectivity index is 0.00000147. The van der Waals surface area contributed by atoms with Gasteiger partial charge in [0.25, 0.3) is 0 Å². The molecule has 0 spiro atoms. The van der Waals surface area contributed by atoms with Crippen molar-refractivity contribution in [3.63, 3.8) is 0 Å².